The zero-order chi connectivity index (χ0) is 16.7. The zero-order valence-electron chi connectivity index (χ0n) is 10.7. The van der Waals surface area contributed by atoms with E-state index in [9.17, 15) is 31.6 Å². The van der Waals surface area contributed by atoms with Gasteiger partial charge in [0.1, 0.15) is 16.4 Å². The van der Waals surface area contributed by atoms with Crippen LogP contribution in [0, 0.1) is 0 Å². The van der Waals surface area contributed by atoms with E-state index >= 15 is 0 Å². The van der Waals surface area contributed by atoms with Crippen molar-refractivity contribution in [3.63, 3.8) is 0 Å². The number of hydrogen-bond acceptors (Lipinski definition) is 6. The average Bonchev–Trinajstić information content (AvgIpc) is 2.37. The first-order valence-electron chi connectivity index (χ1n) is 5.62. The van der Waals surface area contributed by atoms with Gasteiger partial charge in [0.2, 0.25) is 0 Å². The fourth-order valence-corrected chi connectivity index (χ4v) is 4.04. The Morgan fingerprint density at radius 3 is 1.64 bits per heavy atom. The Balaban J connectivity index is 2.96. The largest absolute Gasteiger partial charge is 0.508 e. The summed E-state index contributed by atoms with van der Waals surface area (Å²) in [6, 6.07) is 6.87. The van der Waals surface area contributed by atoms with Gasteiger partial charge in [0.15, 0.2) is 4.90 Å². The molecule has 0 heterocycles. The summed E-state index contributed by atoms with van der Waals surface area (Å²) in [5.41, 5.74) is -0.136. The van der Waals surface area contributed by atoms with Crippen molar-refractivity contribution in [3.8, 4) is 22.6 Å². The highest BCUT2D eigenvalue weighted by Gasteiger charge is 2.31. The van der Waals surface area contributed by atoms with Crippen LogP contribution in [-0.4, -0.2) is 36.2 Å². The number of phenolic OH excluding ortho intramolecular Hbond substituents is 2. The molecule has 0 saturated heterocycles. The molecule has 0 amide bonds. The summed E-state index contributed by atoms with van der Waals surface area (Å²) in [7, 11) is -10.2. The number of aromatic hydroxyl groups is 2. The van der Waals surface area contributed by atoms with Crippen molar-refractivity contribution >= 4 is 20.2 Å². The first kappa shape index (κ1) is 16.2. The summed E-state index contributed by atoms with van der Waals surface area (Å²) in [4.78, 5) is -2.47. The van der Waals surface area contributed by atoms with E-state index in [2.05, 4.69) is 0 Å². The quantitative estimate of drug-likeness (QED) is 0.607. The van der Waals surface area contributed by atoms with Gasteiger partial charge >= 0.3 is 0 Å². The lowest BCUT2D eigenvalue weighted by atomic mass is 10.1. The van der Waals surface area contributed by atoms with E-state index in [1.54, 1.807) is 0 Å². The molecule has 0 aliphatic carbocycles. The van der Waals surface area contributed by atoms with Gasteiger partial charge in [-0.05, 0) is 29.8 Å². The van der Waals surface area contributed by atoms with Crippen LogP contribution < -0.4 is 0 Å². The molecular weight excluding hydrogens is 336 g/mol. The molecule has 0 bridgehead atoms. The van der Waals surface area contributed by atoms with Crippen LogP contribution in [0.25, 0.3) is 11.1 Å². The molecular formula is C12H10O8S2. The zero-order valence-corrected chi connectivity index (χ0v) is 12.3. The van der Waals surface area contributed by atoms with Gasteiger partial charge in [-0.25, -0.2) is 0 Å². The minimum absolute atomic E-state index is 0.120. The molecule has 10 heteroatoms. The smallest absolute Gasteiger partial charge is 0.299 e. The highest BCUT2D eigenvalue weighted by atomic mass is 32.2. The van der Waals surface area contributed by atoms with Gasteiger partial charge in [-0.2, -0.15) is 16.8 Å². The molecule has 0 spiro atoms. The molecule has 0 radical (unpaired) electrons. The van der Waals surface area contributed by atoms with Gasteiger partial charge in [-0.15, -0.1) is 0 Å². The fourth-order valence-electron chi connectivity index (χ4n) is 1.93. The van der Waals surface area contributed by atoms with Crippen LogP contribution in [0.1, 0.15) is 0 Å². The van der Waals surface area contributed by atoms with Gasteiger partial charge < -0.3 is 10.2 Å². The Labute approximate surface area is 125 Å². The second-order valence-corrected chi connectivity index (χ2v) is 7.00. The number of rotatable bonds is 3. The molecule has 2 rings (SSSR count). The fraction of sp³-hybridized carbons (Fsp3) is 0. The maximum Gasteiger partial charge on any atom is 0.299 e. The van der Waals surface area contributed by atoms with Crippen molar-refractivity contribution in [2.24, 2.45) is 0 Å². The molecule has 22 heavy (non-hydrogen) atoms. The van der Waals surface area contributed by atoms with E-state index in [1.807, 2.05) is 0 Å². The molecule has 0 fully saturated rings. The number of hydrogen-bond donors (Lipinski definition) is 4. The maximum atomic E-state index is 11.5. The van der Waals surface area contributed by atoms with Gasteiger partial charge in [0.05, 0.1) is 0 Å². The molecule has 0 unspecified atom stereocenters. The highest BCUT2D eigenvalue weighted by molar-refractivity contribution is 7.89. The molecule has 8 nitrogen and oxygen atoms in total. The molecule has 0 aliphatic rings. The van der Waals surface area contributed by atoms with Crippen molar-refractivity contribution in [2.45, 2.75) is 9.79 Å². The summed E-state index contributed by atoms with van der Waals surface area (Å²) in [6.45, 7) is 0. The van der Waals surface area contributed by atoms with E-state index < -0.39 is 35.8 Å². The van der Waals surface area contributed by atoms with Crippen LogP contribution in [0.5, 0.6) is 11.5 Å². The van der Waals surface area contributed by atoms with Crippen molar-refractivity contribution in [1.82, 2.24) is 0 Å². The summed E-state index contributed by atoms with van der Waals surface area (Å²) in [5, 5.41) is 18.8. The predicted molar refractivity (Wildman–Crippen MR) is 74.8 cm³/mol. The summed E-state index contributed by atoms with van der Waals surface area (Å²) in [6.07, 6.45) is 0. The third-order valence-electron chi connectivity index (χ3n) is 2.79. The summed E-state index contributed by atoms with van der Waals surface area (Å²) >= 11 is 0. The Bertz CT molecular complexity index is 928. The van der Waals surface area contributed by atoms with Gasteiger partial charge in [-0.3, -0.25) is 9.11 Å². The molecule has 118 valence electrons. The van der Waals surface area contributed by atoms with Gasteiger partial charge in [-0.1, -0.05) is 12.1 Å². The topological polar surface area (TPSA) is 149 Å². The molecule has 0 atom stereocenters. The molecule has 0 saturated carbocycles. The van der Waals surface area contributed by atoms with Crippen LogP contribution >= 0.6 is 0 Å². The lowest BCUT2D eigenvalue weighted by molar-refractivity contribution is 0.431. The Morgan fingerprint density at radius 2 is 1.18 bits per heavy atom. The Morgan fingerprint density at radius 1 is 0.682 bits per heavy atom. The third kappa shape index (κ3) is 3.04. The molecule has 4 N–H and O–H groups in total. The van der Waals surface area contributed by atoms with E-state index in [-0.39, 0.29) is 16.9 Å². The summed E-state index contributed by atoms with van der Waals surface area (Å²) < 4.78 is 64.2. The molecule has 0 aliphatic heterocycles. The van der Waals surface area contributed by atoms with Gasteiger partial charge in [0, 0.05) is 5.56 Å². The number of phenols is 2. The average molecular weight is 346 g/mol. The van der Waals surface area contributed by atoms with Crippen molar-refractivity contribution < 1.29 is 36.2 Å². The Kier molecular flexibility index (Phi) is 3.87. The minimum atomic E-state index is -5.12. The van der Waals surface area contributed by atoms with Gasteiger partial charge in [0.25, 0.3) is 20.2 Å². The highest BCUT2D eigenvalue weighted by Crippen LogP contribution is 2.38. The first-order chi connectivity index (χ1) is 10.0. The van der Waals surface area contributed by atoms with E-state index in [0.717, 1.165) is 12.1 Å². The van der Waals surface area contributed by atoms with Crippen LogP contribution in [0.3, 0.4) is 0 Å². The lowest BCUT2D eigenvalue weighted by Gasteiger charge is -2.12. The molecule has 0 aromatic heterocycles. The van der Waals surface area contributed by atoms with Crippen LogP contribution in [-0.2, 0) is 20.2 Å². The SMILES string of the molecule is O=S(=O)(O)c1c(O)ccc(-c2ccc(O)cc2)c1S(=O)(=O)O. The monoisotopic (exact) mass is 346 g/mol. The number of benzene rings is 2. The lowest BCUT2D eigenvalue weighted by Crippen LogP contribution is -2.10. The molecule has 2 aromatic carbocycles. The third-order valence-corrected chi connectivity index (χ3v) is 4.78. The van der Waals surface area contributed by atoms with Crippen LogP contribution in [0.2, 0.25) is 0 Å². The van der Waals surface area contributed by atoms with E-state index in [0.29, 0.717) is 0 Å². The standard InChI is InChI=1S/C12H10O8S2/c13-8-3-1-7(2-4-8)9-5-6-10(14)12(22(18,19)20)11(9)21(15,16)17/h1-6,13-14H,(H,15,16,17)(H,18,19,20). The second kappa shape index (κ2) is 5.25. The van der Waals surface area contributed by atoms with Crippen LogP contribution in [0.15, 0.2) is 46.2 Å². The first-order valence-corrected chi connectivity index (χ1v) is 8.50. The Hall–Kier alpha value is -2.14. The van der Waals surface area contributed by atoms with Crippen LogP contribution in [0.4, 0.5) is 0 Å². The van der Waals surface area contributed by atoms with Crippen molar-refractivity contribution in [1.29, 1.82) is 0 Å². The second-order valence-electron chi connectivity index (χ2n) is 4.29. The van der Waals surface area contributed by atoms with Crippen molar-refractivity contribution in [2.75, 3.05) is 0 Å². The predicted octanol–water partition coefficient (Wildman–Crippen LogP) is 1.26. The van der Waals surface area contributed by atoms with E-state index in [4.69, 9.17) is 4.55 Å². The normalized spacial score (nSPS) is 12.3. The minimum Gasteiger partial charge on any atom is -0.508 e. The molecule has 2 aromatic rings. The summed E-state index contributed by atoms with van der Waals surface area (Å²) in [5.74, 6) is -1.15. The van der Waals surface area contributed by atoms with Crippen molar-refractivity contribution in [3.05, 3.63) is 36.4 Å². The van der Waals surface area contributed by atoms with E-state index in [1.165, 1.54) is 24.3 Å². The maximum absolute atomic E-state index is 11.5.